The number of hydrogen-bond acceptors (Lipinski definition) is 4. The van der Waals surface area contributed by atoms with Gasteiger partial charge in [0.2, 0.25) is 0 Å². The lowest BCUT2D eigenvalue weighted by atomic mass is 9.95. The number of benzene rings is 2. The second kappa shape index (κ2) is 7.94. The van der Waals surface area contributed by atoms with Crippen molar-refractivity contribution in [3.63, 3.8) is 0 Å². The van der Waals surface area contributed by atoms with Crippen LogP contribution in [-0.4, -0.2) is 53.8 Å². The van der Waals surface area contributed by atoms with E-state index in [4.69, 9.17) is 11.6 Å². The van der Waals surface area contributed by atoms with Crippen molar-refractivity contribution in [2.75, 3.05) is 27.2 Å². The summed E-state index contributed by atoms with van der Waals surface area (Å²) in [5.41, 5.74) is 1.34. The molecule has 1 heterocycles. The Kier molecular flexibility index (Phi) is 5.63. The molecule has 1 N–H and O–H groups in total. The maximum Gasteiger partial charge on any atom is 0.295 e. The minimum absolute atomic E-state index is 0.104. The van der Waals surface area contributed by atoms with Crippen molar-refractivity contribution in [3.8, 4) is 0 Å². The molecule has 0 spiro atoms. The van der Waals surface area contributed by atoms with Crippen LogP contribution < -0.4 is 0 Å². The summed E-state index contributed by atoms with van der Waals surface area (Å²) >= 11 is 5.99. The van der Waals surface area contributed by atoms with Crippen LogP contribution in [0.1, 0.15) is 17.2 Å². The number of likely N-dealkylation sites (tertiary alicyclic amines) is 1. The largest absolute Gasteiger partial charge is 0.507 e. The Hall–Kier alpha value is -2.63. The van der Waals surface area contributed by atoms with Crippen molar-refractivity contribution in [2.24, 2.45) is 0 Å². The Bertz CT molecular complexity index is 876. The smallest absolute Gasteiger partial charge is 0.295 e. The van der Waals surface area contributed by atoms with Gasteiger partial charge in [-0.1, -0.05) is 54.1 Å². The van der Waals surface area contributed by atoms with Gasteiger partial charge < -0.3 is 14.9 Å². The molecule has 140 valence electrons. The molecular weight excluding hydrogens is 364 g/mol. The molecule has 0 aliphatic carbocycles. The third kappa shape index (κ3) is 3.89. The van der Waals surface area contributed by atoms with Crippen molar-refractivity contribution in [3.05, 3.63) is 76.3 Å². The van der Waals surface area contributed by atoms with E-state index in [1.54, 1.807) is 48.5 Å². The number of amides is 1. The second-order valence-electron chi connectivity index (χ2n) is 6.71. The molecule has 5 nitrogen and oxygen atoms in total. The first-order valence-electron chi connectivity index (χ1n) is 8.64. The van der Waals surface area contributed by atoms with Crippen LogP contribution in [-0.2, 0) is 9.59 Å². The number of carbonyl (C=O) groups excluding carboxylic acids is 2. The zero-order valence-electron chi connectivity index (χ0n) is 15.2. The van der Waals surface area contributed by atoms with Gasteiger partial charge >= 0.3 is 0 Å². The molecule has 1 aliphatic heterocycles. The number of halogens is 1. The Labute approximate surface area is 163 Å². The van der Waals surface area contributed by atoms with Gasteiger partial charge in [0.25, 0.3) is 11.7 Å². The predicted molar refractivity (Wildman–Crippen MR) is 105 cm³/mol. The van der Waals surface area contributed by atoms with Gasteiger partial charge in [0.05, 0.1) is 11.6 Å². The van der Waals surface area contributed by atoms with Crippen molar-refractivity contribution in [2.45, 2.75) is 6.04 Å². The highest BCUT2D eigenvalue weighted by atomic mass is 35.5. The van der Waals surface area contributed by atoms with E-state index in [9.17, 15) is 14.7 Å². The van der Waals surface area contributed by atoms with Crippen LogP contribution in [0.15, 0.2) is 60.2 Å². The van der Waals surface area contributed by atoms with Crippen LogP contribution in [0, 0.1) is 0 Å². The molecule has 3 rings (SSSR count). The number of hydrogen-bond donors (Lipinski definition) is 1. The summed E-state index contributed by atoms with van der Waals surface area (Å²) in [4.78, 5) is 28.9. The number of aliphatic hydroxyl groups is 1. The van der Waals surface area contributed by atoms with Crippen molar-refractivity contribution >= 4 is 29.1 Å². The van der Waals surface area contributed by atoms with Crippen LogP contribution in [0.25, 0.3) is 5.76 Å². The molecule has 1 saturated heterocycles. The van der Waals surface area contributed by atoms with E-state index in [0.717, 1.165) is 5.56 Å². The number of Topliss-reactive ketones (excluding diaryl/α,β-unsaturated/α-hetero) is 1. The van der Waals surface area contributed by atoms with E-state index in [0.29, 0.717) is 23.7 Å². The number of ketones is 1. The normalized spacial score (nSPS) is 19.1. The lowest BCUT2D eigenvalue weighted by molar-refractivity contribution is -0.140. The molecule has 0 saturated carbocycles. The van der Waals surface area contributed by atoms with E-state index in [-0.39, 0.29) is 11.3 Å². The fraction of sp³-hybridized carbons (Fsp3) is 0.238. The number of aliphatic hydroxyl groups excluding tert-OH is 1. The highest BCUT2D eigenvalue weighted by molar-refractivity contribution is 6.46. The zero-order chi connectivity index (χ0) is 19.6. The van der Waals surface area contributed by atoms with Gasteiger partial charge in [-0.3, -0.25) is 9.59 Å². The summed E-state index contributed by atoms with van der Waals surface area (Å²) in [6.07, 6.45) is 0. The van der Waals surface area contributed by atoms with Gasteiger partial charge in [-0.2, -0.15) is 0 Å². The van der Waals surface area contributed by atoms with E-state index in [2.05, 4.69) is 0 Å². The molecule has 1 atom stereocenters. The maximum absolute atomic E-state index is 12.8. The van der Waals surface area contributed by atoms with Gasteiger partial charge in [-0.25, -0.2) is 0 Å². The fourth-order valence-corrected chi connectivity index (χ4v) is 3.29. The monoisotopic (exact) mass is 384 g/mol. The Morgan fingerprint density at radius 2 is 1.70 bits per heavy atom. The van der Waals surface area contributed by atoms with Gasteiger partial charge in [-0.15, -0.1) is 0 Å². The number of rotatable bonds is 5. The summed E-state index contributed by atoms with van der Waals surface area (Å²) in [6.45, 7) is 0.971. The van der Waals surface area contributed by atoms with Gasteiger partial charge in [0.1, 0.15) is 5.76 Å². The minimum atomic E-state index is -0.671. The summed E-state index contributed by atoms with van der Waals surface area (Å²) in [5.74, 6) is -1.44. The summed E-state index contributed by atoms with van der Waals surface area (Å²) in [7, 11) is 3.80. The third-order valence-corrected chi connectivity index (χ3v) is 4.81. The van der Waals surface area contributed by atoms with Gasteiger partial charge in [-0.05, 0) is 31.8 Å². The van der Waals surface area contributed by atoms with Gasteiger partial charge in [0.15, 0.2) is 0 Å². The molecule has 0 radical (unpaired) electrons. The van der Waals surface area contributed by atoms with E-state index < -0.39 is 17.7 Å². The molecule has 6 heteroatoms. The quantitative estimate of drug-likeness (QED) is 0.488. The first-order valence-corrected chi connectivity index (χ1v) is 9.02. The second-order valence-corrected chi connectivity index (χ2v) is 7.15. The molecule has 0 unspecified atom stereocenters. The average Bonchev–Trinajstić information content (AvgIpc) is 2.91. The Balaban J connectivity index is 2.13. The van der Waals surface area contributed by atoms with Gasteiger partial charge in [0, 0.05) is 23.7 Å². The van der Waals surface area contributed by atoms with E-state index in [1.165, 1.54) is 4.90 Å². The lowest BCUT2D eigenvalue weighted by Gasteiger charge is -2.26. The summed E-state index contributed by atoms with van der Waals surface area (Å²) in [5, 5.41) is 11.4. The van der Waals surface area contributed by atoms with Crippen LogP contribution in [0.5, 0.6) is 0 Å². The molecule has 27 heavy (non-hydrogen) atoms. The molecule has 1 aliphatic rings. The average molecular weight is 385 g/mol. The first-order chi connectivity index (χ1) is 12.9. The topological polar surface area (TPSA) is 60.9 Å². The molecule has 1 amide bonds. The highest BCUT2D eigenvalue weighted by Gasteiger charge is 2.45. The fourth-order valence-electron chi connectivity index (χ4n) is 3.16. The van der Waals surface area contributed by atoms with E-state index in [1.807, 2.05) is 25.1 Å². The standard InChI is InChI=1S/C21H21ClN2O3/c1-23(2)12-13-24-18(14-8-10-16(22)11-9-14)17(20(26)21(24)27)19(25)15-6-4-3-5-7-15/h3-11,18,25H,12-13H2,1-2H3/t18-/m1/s1. The van der Waals surface area contributed by atoms with Crippen LogP contribution in [0.2, 0.25) is 5.02 Å². The molecular formula is C21H21ClN2O3. The molecule has 0 aromatic heterocycles. The van der Waals surface area contributed by atoms with Crippen LogP contribution in [0.4, 0.5) is 0 Å². The van der Waals surface area contributed by atoms with Crippen LogP contribution >= 0.6 is 11.6 Å². The van der Waals surface area contributed by atoms with Crippen molar-refractivity contribution < 1.29 is 14.7 Å². The summed E-state index contributed by atoms with van der Waals surface area (Å²) < 4.78 is 0. The molecule has 2 aromatic carbocycles. The highest BCUT2D eigenvalue weighted by Crippen LogP contribution is 2.39. The number of likely N-dealkylation sites (N-methyl/N-ethyl adjacent to an activating group) is 1. The predicted octanol–water partition coefficient (Wildman–Crippen LogP) is 3.32. The number of nitrogens with zero attached hydrogens (tertiary/aromatic N) is 2. The molecule has 2 aromatic rings. The molecule has 1 fully saturated rings. The lowest BCUT2D eigenvalue weighted by Crippen LogP contribution is -2.35. The van der Waals surface area contributed by atoms with Crippen molar-refractivity contribution in [1.82, 2.24) is 9.80 Å². The third-order valence-electron chi connectivity index (χ3n) is 4.56. The zero-order valence-corrected chi connectivity index (χ0v) is 16.0. The minimum Gasteiger partial charge on any atom is -0.507 e. The Morgan fingerprint density at radius 3 is 2.30 bits per heavy atom. The SMILES string of the molecule is CN(C)CCN1C(=O)C(=O)C(=C(O)c2ccccc2)[C@H]1c1ccc(Cl)cc1. The van der Waals surface area contributed by atoms with Crippen LogP contribution in [0.3, 0.4) is 0 Å². The number of carbonyl (C=O) groups is 2. The van der Waals surface area contributed by atoms with E-state index >= 15 is 0 Å². The Morgan fingerprint density at radius 1 is 1.07 bits per heavy atom. The maximum atomic E-state index is 12.8. The van der Waals surface area contributed by atoms with Crippen molar-refractivity contribution in [1.29, 1.82) is 0 Å². The molecule has 0 bridgehead atoms. The summed E-state index contributed by atoms with van der Waals surface area (Å²) in [6, 6.07) is 15.1. The first kappa shape index (κ1) is 19.1.